The second-order valence-electron chi connectivity index (χ2n) is 8.63. The van der Waals surface area contributed by atoms with Crippen LogP contribution in [0, 0.1) is 5.92 Å². The summed E-state index contributed by atoms with van der Waals surface area (Å²) in [4.78, 5) is 0. The summed E-state index contributed by atoms with van der Waals surface area (Å²) in [5.74, 6) is 2.97. The summed E-state index contributed by atoms with van der Waals surface area (Å²) in [6.07, 6.45) is 25.3. The van der Waals surface area contributed by atoms with E-state index in [1.807, 2.05) is 5.47 Å². The first kappa shape index (κ1) is 16.7. The molecule has 3 saturated carbocycles. The van der Waals surface area contributed by atoms with Crippen LogP contribution in [0.1, 0.15) is 103 Å². The standard InChI is InChI=1S/C21H37B/c1-18(17-19-11-5-2-6-12-19)22(20-13-7-3-8-14-20)21-15-9-4-10-16-21/h17,19-21H,2-16H2,1H3/b18-17+. The highest BCUT2D eigenvalue weighted by molar-refractivity contribution is 6.69. The number of hydrogen-bond donors (Lipinski definition) is 0. The fourth-order valence-electron chi connectivity index (χ4n) is 5.90. The maximum atomic E-state index is 2.76. The van der Waals surface area contributed by atoms with Gasteiger partial charge in [0, 0.05) is 0 Å². The van der Waals surface area contributed by atoms with Gasteiger partial charge in [0.25, 0.3) is 0 Å². The quantitative estimate of drug-likeness (QED) is 0.481. The summed E-state index contributed by atoms with van der Waals surface area (Å²) in [6.45, 7) is 3.46. The van der Waals surface area contributed by atoms with Crippen LogP contribution in [-0.4, -0.2) is 6.71 Å². The third kappa shape index (κ3) is 4.42. The fourth-order valence-corrected chi connectivity index (χ4v) is 5.90. The molecule has 0 saturated heterocycles. The van der Waals surface area contributed by atoms with Gasteiger partial charge in [0.2, 0.25) is 0 Å². The van der Waals surface area contributed by atoms with Crippen LogP contribution in [0.25, 0.3) is 0 Å². The van der Waals surface area contributed by atoms with Crippen molar-refractivity contribution in [3.63, 3.8) is 0 Å². The molecule has 0 nitrogen and oxygen atoms in total. The van der Waals surface area contributed by atoms with E-state index < -0.39 is 0 Å². The summed E-state index contributed by atoms with van der Waals surface area (Å²) in [5, 5.41) is 0. The van der Waals surface area contributed by atoms with Crippen molar-refractivity contribution in [3.05, 3.63) is 11.5 Å². The van der Waals surface area contributed by atoms with E-state index in [1.54, 1.807) is 0 Å². The number of rotatable bonds is 4. The molecule has 0 amide bonds. The molecule has 1 heteroatoms. The van der Waals surface area contributed by atoms with E-state index in [0.29, 0.717) is 0 Å². The molecule has 0 aliphatic heterocycles. The van der Waals surface area contributed by atoms with Crippen LogP contribution in [0.3, 0.4) is 0 Å². The summed E-state index contributed by atoms with van der Waals surface area (Å²) < 4.78 is 0. The molecule has 0 unspecified atom stereocenters. The number of hydrogen-bond acceptors (Lipinski definition) is 0. The zero-order valence-corrected chi connectivity index (χ0v) is 15.0. The smallest absolute Gasteiger partial charge is 0.107 e. The van der Waals surface area contributed by atoms with Crippen molar-refractivity contribution < 1.29 is 0 Å². The van der Waals surface area contributed by atoms with Gasteiger partial charge in [-0.15, -0.1) is 5.47 Å². The predicted molar refractivity (Wildman–Crippen MR) is 99.8 cm³/mol. The lowest BCUT2D eigenvalue weighted by Crippen LogP contribution is -2.32. The molecule has 0 aromatic heterocycles. The van der Waals surface area contributed by atoms with E-state index >= 15 is 0 Å². The molecule has 0 radical (unpaired) electrons. The van der Waals surface area contributed by atoms with Gasteiger partial charge in [0.15, 0.2) is 6.71 Å². The first-order valence-electron chi connectivity index (χ1n) is 10.5. The van der Waals surface area contributed by atoms with Gasteiger partial charge in [0.05, 0.1) is 0 Å². The minimum Gasteiger partial charge on any atom is -0.107 e. The van der Waals surface area contributed by atoms with E-state index in [0.717, 1.165) is 24.3 Å². The van der Waals surface area contributed by atoms with E-state index in [4.69, 9.17) is 0 Å². The lowest BCUT2D eigenvalue weighted by Gasteiger charge is -2.37. The third-order valence-electron chi connectivity index (χ3n) is 6.99. The molecule has 3 aliphatic rings. The average Bonchev–Trinajstić information content (AvgIpc) is 2.58. The van der Waals surface area contributed by atoms with E-state index in [1.165, 1.54) is 96.3 Å². The maximum Gasteiger partial charge on any atom is 0.176 e. The SMILES string of the molecule is C/C(=C\C1CCCCC1)B(C1CCCCC1)C1CCCCC1. The van der Waals surface area contributed by atoms with Crippen molar-refractivity contribution in [2.45, 2.75) is 115 Å². The molecule has 0 bridgehead atoms. The molecule has 0 N–H and O–H groups in total. The molecule has 3 fully saturated rings. The van der Waals surface area contributed by atoms with Crippen molar-refractivity contribution in [1.29, 1.82) is 0 Å². The molecule has 3 aliphatic carbocycles. The Balaban J connectivity index is 1.71. The van der Waals surface area contributed by atoms with Gasteiger partial charge in [0.1, 0.15) is 0 Å². The molecular formula is C21H37B. The van der Waals surface area contributed by atoms with Crippen molar-refractivity contribution in [2.75, 3.05) is 0 Å². The zero-order chi connectivity index (χ0) is 15.2. The first-order chi connectivity index (χ1) is 10.8. The Labute approximate surface area is 139 Å². The molecule has 124 valence electrons. The maximum absolute atomic E-state index is 2.76. The fraction of sp³-hybridized carbons (Fsp3) is 0.905. The van der Waals surface area contributed by atoms with Crippen molar-refractivity contribution >= 4 is 6.71 Å². The summed E-state index contributed by atoms with van der Waals surface area (Å²) in [7, 11) is 0. The average molecular weight is 300 g/mol. The van der Waals surface area contributed by atoms with Crippen LogP contribution in [0.15, 0.2) is 11.5 Å². The predicted octanol–water partition coefficient (Wildman–Crippen LogP) is 7.22. The Morgan fingerprint density at radius 2 is 1.05 bits per heavy atom. The molecule has 22 heavy (non-hydrogen) atoms. The molecule has 0 heterocycles. The van der Waals surface area contributed by atoms with Crippen LogP contribution in [0.5, 0.6) is 0 Å². The number of allylic oxidation sites excluding steroid dienone is 2. The highest BCUT2D eigenvalue weighted by Crippen LogP contribution is 2.44. The van der Waals surface area contributed by atoms with Crippen LogP contribution >= 0.6 is 0 Å². The van der Waals surface area contributed by atoms with Gasteiger partial charge in [-0.3, -0.25) is 0 Å². The Morgan fingerprint density at radius 3 is 1.50 bits per heavy atom. The summed E-state index contributed by atoms with van der Waals surface area (Å²) in [6, 6.07) is 0. The highest BCUT2D eigenvalue weighted by Gasteiger charge is 2.35. The van der Waals surface area contributed by atoms with Crippen molar-refractivity contribution in [3.8, 4) is 0 Å². The van der Waals surface area contributed by atoms with E-state index in [9.17, 15) is 0 Å². The van der Waals surface area contributed by atoms with Crippen molar-refractivity contribution in [2.24, 2.45) is 5.92 Å². The molecule has 0 atom stereocenters. The largest absolute Gasteiger partial charge is 0.176 e. The van der Waals surface area contributed by atoms with Gasteiger partial charge in [-0.05, 0) is 18.8 Å². The van der Waals surface area contributed by atoms with Gasteiger partial charge >= 0.3 is 0 Å². The molecule has 0 aromatic rings. The van der Waals surface area contributed by atoms with Crippen LogP contribution in [0.4, 0.5) is 0 Å². The summed E-state index contributed by atoms with van der Waals surface area (Å²) >= 11 is 0. The Bertz CT molecular complexity index is 323. The van der Waals surface area contributed by atoms with Gasteiger partial charge in [-0.2, -0.15) is 0 Å². The molecule has 3 rings (SSSR count). The second kappa shape index (κ2) is 8.60. The lowest BCUT2D eigenvalue weighted by molar-refractivity contribution is 0.418. The Hall–Kier alpha value is -0.195. The third-order valence-corrected chi connectivity index (χ3v) is 6.99. The van der Waals surface area contributed by atoms with Gasteiger partial charge in [-0.25, -0.2) is 0 Å². The zero-order valence-electron chi connectivity index (χ0n) is 15.0. The van der Waals surface area contributed by atoms with Crippen LogP contribution in [-0.2, 0) is 0 Å². The molecular weight excluding hydrogens is 263 g/mol. The second-order valence-corrected chi connectivity index (χ2v) is 8.63. The highest BCUT2D eigenvalue weighted by atomic mass is 14.2. The normalized spacial score (nSPS) is 27.0. The van der Waals surface area contributed by atoms with E-state index in [2.05, 4.69) is 13.0 Å². The topological polar surface area (TPSA) is 0 Å². The summed E-state index contributed by atoms with van der Waals surface area (Å²) in [5.41, 5.74) is 1.81. The first-order valence-corrected chi connectivity index (χ1v) is 10.5. The molecule has 0 spiro atoms. The van der Waals surface area contributed by atoms with Crippen molar-refractivity contribution in [1.82, 2.24) is 0 Å². The van der Waals surface area contributed by atoms with Crippen LogP contribution < -0.4 is 0 Å². The van der Waals surface area contributed by atoms with Crippen LogP contribution in [0.2, 0.25) is 11.6 Å². The van der Waals surface area contributed by atoms with Gasteiger partial charge < -0.3 is 0 Å². The van der Waals surface area contributed by atoms with Gasteiger partial charge in [-0.1, -0.05) is 108 Å². The molecule has 0 aromatic carbocycles. The lowest BCUT2D eigenvalue weighted by atomic mass is 9.27. The van der Waals surface area contributed by atoms with E-state index in [-0.39, 0.29) is 0 Å². The monoisotopic (exact) mass is 300 g/mol. The Kier molecular flexibility index (Phi) is 6.51. The minimum atomic E-state index is 0.920. The minimum absolute atomic E-state index is 0.920. The Morgan fingerprint density at radius 1 is 0.636 bits per heavy atom.